The second kappa shape index (κ2) is 7.12. The molecule has 1 saturated heterocycles. The van der Waals surface area contributed by atoms with Gasteiger partial charge in [-0.1, -0.05) is 26.2 Å². The van der Waals surface area contributed by atoms with Crippen LogP contribution in [-0.4, -0.2) is 43.8 Å². The van der Waals surface area contributed by atoms with Crippen LogP contribution >= 0.6 is 0 Å². The smallest absolute Gasteiger partial charge is 0.225 e. The average Bonchev–Trinajstić information content (AvgIpc) is 2.95. The van der Waals surface area contributed by atoms with Crippen LogP contribution in [0.2, 0.25) is 0 Å². The quantitative estimate of drug-likeness (QED) is 0.783. The summed E-state index contributed by atoms with van der Waals surface area (Å²) in [7, 11) is -3.01. The molecule has 0 N–H and O–H groups in total. The lowest BCUT2D eigenvalue weighted by atomic mass is 9.79. The van der Waals surface area contributed by atoms with E-state index in [1.807, 2.05) is 0 Å². The summed E-state index contributed by atoms with van der Waals surface area (Å²) in [5, 5.41) is -0.345. The molecule has 0 aromatic rings. The van der Waals surface area contributed by atoms with E-state index in [-0.39, 0.29) is 17.1 Å². The number of rotatable bonds is 5. The Kier molecular flexibility index (Phi) is 5.69. The zero-order valence-electron chi connectivity index (χ0n) is 13.4. The highest BCUT2D eigenvalue weighted by molar-refractivity contribution is 7.91. The van der Waals surface area contributed by atoms with Crippen molar-refractivity contribution in [1.29, 1.82) is 0 Å². The highest BCUT2D eigenvalue weighted by Gasteiger charge is 2.36. The van der Waals surface area contributed by atoms with Crippen LogP contribution in [0, 0.1) is 11.8 Å². The number of nitrogens with zero attached hydrogens (tertiary/aromatic N) is 1. The second-order valence-corrected chi connectivity index (χ2v) is 9.21. The molecular weight excluding hydrogens is 286 g/mol. The van der Waals surface area contributed by atoms with Crippen molar-refractivity contribution in [1.82, 2.24) is 4.90 Å². The summed E-state index contributed by atoms with van der Waals surface area (Å²) in [4.78, 5) is 14.3. The Balaban J connectivity index is 1.80. The molecule has 2 rings (SSSR count). The van der Waals surface area contributed by atoms with Crippen LogP contribution in [0.5, 0.6) is 0 Å². The van der Waals surface area contributed by atoms with Gasteiger partial charge in [0.05, 0.1) is 5.25 Å². The lowest BCUT2D eigenvalue weighted by Gasteiger charge is -2.30. The third-order valence-corrected chi connectivity index (χ3v) is 6.82. The number of hydrogen-bond donors (Lipinski definition) is 0. The van der Waals surface area contributed by atoms with Crippen LogP contribution < -0.4 is 0 Å². The molecule has 1 heterocycles. The van der Waals surface area contributed by atoms with Crippen LogP contribution in [0.15, 0.2) is 0 Å². The second-order valence-electron chi connectivity index (χ2n) is 6.88. The van der Waals surface area contributed by atoms with Crippen LogP contribution in [0.25, 0.3) is 0 Å². The first-order chi connectivity index (χ1) is 9.91. The zero-order chi connectivity index (χ0) is 15.5. The van der Waals surface area contributed by atoms with Crippen molar-refractivity contribution in [3.63, 3.8) is 0 Å². The van der Waals surface area contributed by atoms with E-state index in [2.05, 4.69) is 6.92 Å². The van der Waals surface area contributed by atoms with Crippen molar-refractivity contribution in [2.24, 2.45) is 11.8 Å². The SMILES string of the molecule is CCCCC1CCC(C(=O)N2CCC(S(C)(=O)=O)C2)CC1. The van der Waals surface area contributed by atoms with Gasteiger partial charge in [-0.05, 0) is 38.0 Å². The van der Waals surface area contributed by atoms with Gasteiger partial charge >= 0.3 is 0 Å². The minimum atomic E-state index is -3.01. The van der Waals surface area contributed by atoms with Gasteiger partial charge in [-0.15, -0.1) is 0 Å². The molecule has 122 valence electrons. The Labute approximate surface area is 129 Å². The predicted octanol–water partition coefficient (Wildman–Crippen LogP) is 2.63. The van der Waals surface area contributed by atoms with Crippen molar-refractivity contribution in [3.05, 3.63) is 0 Å². The molecular formula is C16H29NO3S. The summed E-state index contributed by atoms with van der Waals surface area (Å²) < 4.78 is 23.2. The zero-order valence-corrected chi connectivity index (χ0v) is 14.2. The van der Waals surface area contributed by atoms with E-state index >= 15 is 0 Å². The van der Waals surface area contributed by atoms with E-state index < -0.39 is 9.84 Å². The standard InChI is InChI=1S/C16H29NO3S/c1-3-4-5-13-6-8-14(9-7-13)16(18)17-11-10-15(12-17)21(2,19)20/h13-15H,3-12H2,1-2H3. The summed E-state index contributed by atoms with van der Waals surface area (Å²) >= 11 is 0. The first-order valence-corrected chi connectivity index (χ1v) is 10.3. The van der Waals surface area contributed by atoms with Gasteiger partial charge in [-0.25, -0.2) is 8.42 Å². The van der Waals surface area contributed by atoms with Crippen LogP contribution in [-0.2, 0) is 14.6 Å². The third kappa shape index (κ3) is 4.44. The molecule has 2 aliphatic rings. The number of sulfone groups is 1. The summed E-state index contributed by atoms with van der Waals surface area (Å²) in [6.45, 7) is 3.25. The fourth-order valence-electron chi connectivity index (χ4n) is 3.73. The average molecular weight is 315 g/mol. The minimum absolute atomic E-state index is 0.140. The maximum Gasteiger partial charge on any atom is 0.225 e. The Morgan fingerprint density at radius 1 is 1.14 bits per heavy atom. The first-order valence-electron chi connectivity index (χ1n) is 8.39. The van der Waals surface area contributed by atoms with Crippen LogP contribution in [0.4, 0.5) is 0 Å². The van der Waals surface area contributed by atoms with E-state index in [1.165, 1.54) is 38.4 Å². The van der Waals surface area contributed by atoms with Gasteiger partial charge in [0.2, 0.25) is 5.91 Å². The van der Waals surface area contributed by atoms with E-state index in [9.17, 15) is 13.2 Å². The number of unbranched alkanes of at least 4 members (excludes halogenated alkanes) is 1. The Bertz CT molecular complexity index is 452. The van der Waals surface area contributed by atoms with Crippen molar-refractivity contribution < 1.29 is 13.2 Å². The molecule has 0 aromatic heterocycles. The minimum Gasteiger partial charge on any atom is -0.341 e. The fourth-order valence-corrected chi connectivity index (χ4v) is 4.71. The topological polar surface area (TPSA) is 54.5 Å². The molecule has 1 unspecified atom stereocenters. The Morgan fingerprint density at radius 3 is 2.33 bits per heavy atom. The highest BCUT2D eigenvalue weighted by Crippen LogP contribution is 2.33. The molecule has 1 aliphatic heterocycles. The van der Waals surface area contributed by atoms with Gasteiger partial charge in [-0.3, -0.25) is 4.79 Å². The largest absolute Gasteiger partial charge is 0.341 e. The van der Waals surface area contributed by atoms with Crippen molar-refractivity contribution in [2.75, 3.05) is 19.3 Å². The van der Waals surface area contributed by atoms with Gasteiger partial charge in [0, 0.05) is 25.3 Å². The fraction of sp³-hybridized carbons (Fsp3) is 0.938. The van der Waals surface area contributed by atoms with Gasteiger partial charge in [0.1, 0.15) is 0 Å². The Morgan fingerprint density at radius 2 is 1.81 bits per heavy atom. The lowest BCUT2D eigenvalue weighted by Crippen LogP contribution is -2.37. The molecule has 1 amide bonds. The molecule has 0 spiro atoms. The van der Waals surface area contributed by atoms with Crippen LogP contribution in [0.1, 0.15) is 58.3 Å². The number of hydrogen-bond acceptors (Lipinski definition) is 3. The molecule has 1 saturated carbocycles. The molecule has 1 aliphatic carbocycles. The van der Waals surface area contributed by atoms with E-state index in [1.54, 1.807) is 4.90 Å². The molecule has 2 fully saturated rings. The number of carbonyl (C=O) groups is 1. The number of likely N-dealkylation sites (tertiary alicyclic amines) is 1. The molecule has 1 atom stereocenters. The number of carbonyl (C=O) groups excluding carboxylic acids is 1. The molecule has 0 aromatic carbocycles. The van der Waals surface area contributed by atoms with Crippen LogP contribution in [0.3, 0.4) is 0 Å². The molecule has 5 heteroatoms. The van der Waals surface area contributed by atoms with Crippen molar-refractivity contribution in [3.8, 4) is 0 Å². The summed E-state index contributed by atoms with van der Waals surface area (Å²) in [5.74, 6) is 1.15. The molecule has 21 heavy (non-hydrogen) atoms. The summed E-state index contributed by atoms with van der Waals surface area (Å²) in [6, 6.07) is 0. The molecule has 0 bridgehead atoms. The summed E-state index contributed by atoms with van der Waals surface area (Å²) in [6.07, 6.45) is 10.1. The lowest BCUT2D eigenvalue weighted by molar-refractivity contribution is -0.135. The normalized spacial score (nSPS) is 30.6. The highest BCUT2D eigenvalue weighted by atomic mass is 32.2. The van der Waals surface area contributed by atoms with Crippen molar-refractivity contribution in [2.45, 2.75) is 63.5 Å². The van der Waals surface area contributed by atoms with Gasteiger partial charge in [-0.2, -0.15) is 0 Å². The van der Waals surface area contributed by atoms with Gasteiger partial charge in [0.15, 0.2) is 9.84 Å². The van der Waals surface area contributed by atoms with Gasteiger partial charge in [0.25, 0.3) is 0 Å². The first kappa shape index (κ1) is 16.8. The van der Waals surface area contributed by atoms with Gasteiger partial charge < -0.3 is 4.90 Å². The predicted molar refractivity (Wildman–Crippen MR) is 84.8 cm³/mol. The maximum absolute atomic E-state index is 12.5. The third-order valence-electron chi connectivity index (χ3n) is 5.22. The Hall–Kier alpha value is -0.580. The molecule has 4 nitrogen and oxygen atoms in total. The number of amides is 1. The monoisotopic (exact) mass is 315 g/mol. The van der Waals surface area contributed by atoms with E-state index in [0.29, 0.717) is 19.5 Å². The summed E-state index contributed by atoms with van der Waals surface area (Å²) in [5.41, 5.74) is 0. The molecule has 0 radical (unpaired) electrons. The van der Waals surface area contributed by atoms with Crippen molar-refractivity contribution >= 4 is 15.7 Å². The van der Waals surface area contributed by atoms with E-state index in [0.717, 1.165) is 18.8 Å². The van der Waals surface area contributed by atoms with E-state index in [4.69, 9.17) is 0 Å². The maximum atomic E-state index is 12.5.